The molecule has 0 atom stereocenters. The van der Waals surface area contributed by atoms with Crippen molar-refractivity contribution in [2.45, 2.75) is 18.4 Å². The molecule has 0 bridgehead atoms. The highest BCUT2D eigenvalue weighted by molar-refractivity contribution is 7.89. The van der Waals surface area contributed by atoms with Gasteiger partial charge in [0, 0.05) is 12.7 Å². The van der Waals surface area contributed by atoms with Gasteiger partial charge in [0.15, 0.2) is 0 Å². The van der Waals surface area contributed by atoms with Gasteiger partial charge in [-0.2, -0.15) is 0 Å². The highest BCUT2D eigenvalue weighted by Gasteiger charge is 2.18. The Morgan fingerprint density at radius 2 is 2.05 bits per heavy atom. The fraction of sp³-hybridized carbons (Fsp3) is 0.154. The summed E-state index contributed by atoms with van der Waals surface area (Å²) >= 11 is 0. The van der Waals surface area contributed by atoms with Gasteiger partial charge in [0.2, 0.25) is 10.0 Å². The van der Waals surface area contributed by atoms with Crippen LogP contribution in [0.15, 0.2) is 41.4 Å². The molecular weight excluding hydrogens is 292 g/mol. The van der Waals surface area contributed by atoms with E-state index in [0.29, 0.717) is 0 Å². The van der Waals surface area contributed by atoms with Gasteiger partial charge in [0.25, 0.3) is 5.91 Å². The first-order valence-electron chi connectivity index (χ1n) is 6.17. The van der Waals surface area contributed by atoms with Crippen LogP contribution in [0.4, 0.5) is 0 Å². The predicted octanol–water partition coefficient (Wildman–Crippen LogP) is 0.405. The lowest BCUT2D eigenvalue weighted by Gasteiger charge is -2.07. The number of carbonyl (C=O) groups is 1. The number of amides is 1. The molecular formula is C13H16N4O3S. The Balaban J connectivity index is 2.14. The largest absolute Gasteiger partial charge is 0.356 e. The number of benzene rings is 1. The minimum Gasteiger partial charge on any atom is -0.356 e. The van der Waals surface area contributed by atoms with Crippen LogP contribution in [0.2, 0.25) is 0 Å². The summed E-state index contributed by atoms with van der Waals surface area (Å²) in [7, 11) is -3.70. The van der Waals surface area contributed by atoms with Crippen molar-refractivity contribution in [3.63, 3.8) is 0 Å². The van der Waals surface area contributed by atoms with E-state index in [9.17, 15) is 13.2 Å². The zero-order valence-corrected chi connectivity index (χ0v) is 12.2. The average Bonchev–Trinajstić information content (AvgIpc) is 2.96. The van der Waals surface area contributed by atoms with Crippen molar-refractivity contribution in [3.05, 3.63) is 53.3 Å². The quantitative estimate of drug-likeness (QED) is 0.363. The number of nitrogen functional groups attached to an aromatic ring is 1. The molecule has 7 nitrogen and oxygen atoms in total. The summed E-state index contributed by atoms with van der Waals surface area (Å²) in [6, 6.07) is 8.71. The monoisotopic (exact) mass is 308 g/mol. The van der Waals surface area contributed by atoms with E-state index in [-0.39, 0.29) is 17.1 Å². The molecule has 5 N–H and O–H groups in total. The number of hydrogen-bond acceptors (Lipinski definition) is 4. The molecule has 0 aliphatic carbocycles. The Bertz CT molecular complexity index is 752. The first-order chi connectivity index (χ1) is 9.94. The second kappa shape index (κ2) is 6.08. The molecule has 0 aliphatic heterocycles. The van der Waals surface area contributed by atoms with Crippen LogP contribution in [0.25, 0.3) is 0 Å². The molecule has 0 saturated carbocycles. The van der Waals surface area contributed by atoms with Crippen LogP contribution in [0.5, 0.6) is 0 Å². The molecule has 112 valence electrons. The third kappa shape index (κ3) is 3.48. The second-order valence-corrected chi connectivity index (χ2v) is 6.24. The molecule has 0 radical (unpaired) electrons. The maximum absolute atomic E-state index is 12.1. The lowest BCUT2D eigenvalue weighted by Crippen LogP contribution is -2.30. The standard InChI is InChI=1S/C13H16N4O3S/c1-9-4-2-3-5-10(9)7-16-21(19,20)11-6-12(15-8-11)13(18)17-14/h2-6,8,15-16H,7,14H2,1H3,(H,17,18). The van der Waals surface area contributed by atoms with Crippen molar-refractivity contribution < 1.29 is 13.2 Å². The Morgan fingerprint density at radius 1 is 1.33 bits per heavy atom. The molecule has 0 spiro atoms. The highest BCUT2D eigenvalue weighted by atomic mass is 32.2. The zero-order valence-electron chi connectivity index (χ0n) is 11.4. The van der Waals surface area contributed by atoms with E-state index in [1.165, 1.54) is 12.3 Å². The van der Waals surface area contributed by atoms with E-state index in [1.54, 1.807) is 0 Å². The minimum atomic E-state index is -3.70. The van der Waals surface area contributed by atoms with Crippen LogP contribution in [0.1, 0.15) is 21.6 Å². The minimum absolute atomic E-state index is 0.0188. The Hall–Kier alpha value is -2.16. The molecule has 8 heteroatoms. The lowest BCUT2D eigenvalue weighted by atomic mass is 10.1. The number of H-pyrrole nitrogens is 1. The van der Waals surface area contributed by atoms with Crippen LogP contribution in [-0.4, -0.2) is 19.3 Å². The van der Waals surface area contributed by atoms with Gasteiger partial charge in [0.05, 0.1) is 0 Å². The number of sulfonamides is 1. The van der Waals surface area contributed by atoms with E-state index < -0.39 is 15.9 Å². The number of rotatable bonds is 5. The van der Waals surface area contributed by atoms with Crippen LogP contribution in [-0.2, 0) is 16.6 Å². The summed E-state index contributed by atoms with van der Waals surface area (Å²) in [6.07, 6.45) is 1.24. The number of aromatic nitrogens is 1. The van der Waals surface area contributed by atoms with Gasteiger partial charge in [-0.1, -0.05) is 24.3 Å². The number of aromatic amines is 1. The number of aryl methyl sites for hydroxylation is 1. The normalized spacial score (nSPS) is 11.3. The topological polar surface area (TPSA) is 117 Å². The van der Waals surface area contributed by atoms with Gasteiger partial charge in [-0.05, 0) is 24.1 Å². The van der Waals surface area contributed by atoms with Gasteiger partial charge in [0.1, 0.15) is 10.6 Å². The Labute approximate surface area is 122 Å². The maximum atomic E-state index is 12.1. The number of nitrogens with one attached hydrogen (secondary N) is 3. The van der Waals surface area contributed by atoms with Crippen molar-refractivity contribution in [2.75, 3.05) is 0 Å². The maximum Gasteiger partial charge on any atom is 0.281 e. The van der Waals surface area contributed by atoms with Crippen molar-refractivity contribution in [3.8, 4) is 0 Å². The fourth-order valence-corrected chi connectivity index (χ4v) is 2.80. The van der Waals surface area contributed by atoms with Gasteiger partial charge < -0.3 is 4.98 Å². The van der Waals surface area contributed by atoms with Crippen molar-refractivity contribution in [1.29, 1.82) is 0 Å². The molecule has 0 saturated heterocycles. The lowest BCUT2D eigenvalue weighted by molar-refractivity contribution is 0.0949. The molecule has 0 unspecified atom stereocenters. The van der Waals surface area contributed by atoms with Crippen molar-refractivity contribution in [2.24, 2.45) is 5.84 Å². The molecule has 0 aliphatic rings. The van der Waals surface area contributed by atoms with Crippen LogP contribution >= 0.6 is 0 Å². The summed E-state index contributed by atoms with van der Waals surface area (Å²) in [5.74, 6) is 4.40. The molecule has 2 rings (SSSR count). The molecule has 0 fully saturated rings. The number of nitrogens with two attached hydrogens (primary N) is 1. The Morgan fingerprint density at radius 3 is 2.71 bits per heavy atom. The number of hydrazine groups is 1. The Kier molecular flexibility index (Phi) is 4.41. The van der Waals surface area contributed by atoms with E-state index in [1.807, 2.05) is 36.6 Å². The zero-order chi connectivity index (χ0) is 15.5. The molecule has 21 heavy (non-hydrogen) atoms. The van der Waals surface area contributed by atoms with Crippen LogP contribution in [0, 0.1) is 6.92 Å². The average molecular weight is 308 g/mol. The molecule has 1 aromatic heterocycles. The number of carbonyl (C=O) groups excluding carboxylic acids is 1. The SMILES string of the molecule is Cc1ccccc1CNS(=O)(=O)c1c[nH]c(C(=O)NN)c1. The van der Waals surface area contributed by atoms with Crippen molar-refractivity contribution >= 4 is 15.9 Å². The van der Waals surface area contributed by atoms with Gasteiger partial charge in [-0.3, -0.25) is 10.2 Å². The number of hydrogen-bond donors (Lipinski definition) is 4. The summed E-state index contributed by atoms with van der Waals surface area (Å²) in [4.78, 5) is 13.8. The first-order valence-corrected chi connectivity index (χ1v) is 7.66. The van der Waals surface area contributed by atoms with Crippen LogP contribution < -0.4 is 16.0 Å². The smallest absolute Gasteiger partial charge is 0.281 e. The summed E-state index contributed by atoms with van der Waals surface area (Å²) in [5, 5.41) is 0. The summed E-state index contributed by atoms with van der Waals surface area (Å²) in [5.41, 5.74) is 3.89. The van der Waals surface area contributed by atoms with Crippen LogP contribution in [0.3, 0.4) is 0 Å². The first kappa shape index (κ1) is 15.2. The third-order valence-corrected chi connectivity index (χ3v) is 4.44. The predicted molar refractivity (Wildman–Crippen MR) is 77.7 cm³/mol. The third-order valence-electron chi connectivity index (χ3n) is 3.06. The molecule has 2 aromatic rings. The van der Waals surface area contributed by atoms with E-state index >= 15 is 0 Å². The second-order valence-electron chi connectivity index (χ2n) is 4.47. The van der Waals surface area contributed by atoms with E-state index in [2.05, 4.69) is 9.71 Å². The summed E-state index contributed by atoms with van der Waals surface area (Å²) in [6.45, 7) is 2.09. The molecule has 1 heterocycles. The summed E-state index contributed by atoms with van der Waals surface area (Å²) < 4.78 is 26.8. The van der Waals surface area contributed by atoms with Gasteiger partial charge >= 0.3 is 0 Å². The molecule has 1 amide bonds. The molecule has 1 aromatic carbocycles. The van der Waals surface area contributed by atoms with E-state index in [4.69, 9.17) is 5.84 Å². The fourth-order valence-electron chi connectivity index (χ4n) is 1.80. The highest BCUT2D eigenvalue weighted by Crippen LogP contribution is 2.12. The van der Waals surface area contributed by atoms with E-state index in [0.717, 1.165) is 11.1 Å². The van der Waals surface area contributed by atoms with Gasteiger partial charge in [-0.15, -0.1) is 0 Å². The van der Waals surface area contributed by atoms with Crippen molar-refractivity contribution in [1.82, 2.24) is 15.1 Å². The van der Waals surface area contributed by atoms with Gasteiger partial charge in [-0.25, -0.2) is 19.0 Å².